The standard InChI is InChI=1S/C11H15F2NO/c1-3-15-11-8(7(2)6-14)4-5-9(12)10(11)13/h4-5,7H,3,6,14H2,1-2H3. The second-order valence-corrected chi connectivity index (χ2v) is 3.35. The number of halogens is 2. The smallest absolute Gasteiger partial charge is 0.200 e. The molecule has 1 rings (SSSR count). The highest BCUT2D eigenvalue weighted by Crippen LogP contribution is 2.30. The quantitative estimate of drug-likeness (QED) is 0.837. The number of benzene rings is 1. The highest BCUT2D eigenvalue weighted by atomic mass is 19.2. The minimum Gasteiger partial charge on any atom is -0.490 e. The summed E-state index contributed by atoms with van der Waals surface area (Å²) in [5.41, 5.74) is 6.09. The molecule has 15 heavy (non-hydrogen) atoms. The molecule has 0 saturated carbocycles. The fourth-order valence-corrected chi connectivity index (χ4v) is 1.35. The van der Waals surface area contributed by atoms with Crippen LogP contribution >= 0.6 is 0 Å². The maximum atomic E-state index is 13.4. The molecule has 0 aromatic heterocycles. The number of ether oxygens (including phenoxy) is 1. The van der Waals surface area contributed by atoms with Crippen molar-refractivity contribution < 1.29 is 13.5 Å². The van der Waals surface area contributed by atoms with Crippen molar-refractivity contribution in [1.29, 1.82) is 0 Å². The van der Waals surface area contributed by atoms with E-state index in [1.807, 2.05) is 6.92 Å². The van der Waals surface area contributed by atoms with Crippen molar-refractivity contribution in [2.24, 2.45) is 5.73 Å². The lowest BCUT2D eigenvalue weighted by Crippen LogP contribution is -2.12. The van der Waals surface area contributed by atoms with Crippen molar-refractivity contribution in [1.82, 2.24) is 0 Å². The summed E-state index contributed by atoms with van der Waals surface area (Å²) in [7, 11) is 0. The second kappa shape index (κ2) is 5.07. The maximum absolute atomic E-state index is 13.4. The Morgan fingerprint density at radius 3 is 2.60 bits per heavy atom. The molecule has 0 radical (unpaired) electrons. The van der Waals surface area contributed by atoms with Crippen LogP contribution in [0.4, 0.5) is 8.78 Å². The average Bonchev–Trinajstić information content (AvgIpc) is 2.24. The summed E-state index contributed by atoms with van der Waals surface area (Å²) in [4.78, 5) is 0. The summed E-state index contributed by atoms with van der Waals surface area (Å²) < 4.78 is 31.5. The van der Waals surface area contributed by atoms with Gasteiger partial charge in [0, 0.05) is 5.56 Å². The van der Waals surface area contributed by atoms with Crippen molar-refractivity contribution in [2.45, 2.75) is 19.8 Å². The van der Waals surface area contributed by atoms with E-state index in [1.165, 1.54) is 6.07 Å². The van der Waals surface area contributed by atoms with Crippen LogP contribution in [0.1, 0.15) is 25.3 Å². The fourth-order valence-electron chi connectivity index (χ4n) is 1.35. The Hall–Kier alpha value is -1.16. The van der Waals surface area contributed by atoms with Gasteiger partial charge in [0.05, 0.1) is 6.61 Å². The zero-order valence-corrected chi connectivity index (χ0v) is 8.89. The van der Waals surface area contributed by atoms with Gasteiger partial charge in [-0.05, 0) is 25.5 Å². The molecule has 0 bridgehead atoms. The molecule has 0 fully saturated rings. The number of rotatable bonds is 4. The van der Waals surface area contributed by atoms with Gasteiger partial charge in [-0.15, -0.1) is 0 Å². The first-order valence-corrected chi connectivity index (χ1v) is 4.92. The van der Waals surface area contributed by atoms with E-state index in [4.69, 9.17) is 10.5 Å². The number of hydrogen-bond acceptors (Lipinski definition) is 2. The van der Waals surface area contributed by atoms with Crippen LogP contribution in [0.3, 0.4) is 0 Å². The van der Waals surface area contributed by atoms with Gasteiger partial charge in [0.2, 0.25) is 5.82 Å². The molecule has 1 aromatic rings. The lowest BCUT2D eigenvalue weighted by molar-refractivity contribution is 0.308. The molecule has 2 N–H and O–H groups in total. The SMILES string of the molecule is CCOc1c(C(C)CN)ccc(F)c1F. The monoisotopic (exact) mass is 215 g/mol. The van der Waals surface area contributed by atoms with Gasteiger partial charge in [-0.3, -0.25) is 0 Å². The normalized spacial score (nSPS) is 12.6. The number of nitrogens with two attached hydrogens (primary N) is 1. The topological polar surface area (TPSA) is 35.2 Å². The van der Waals surface area contributed by atoms with Crippen LogP contribution in [0.25, 0.3) is 0 Å². The first-order chi connectivity index (χ1) is 7.11. The minimum atomic E-state index is -0.936. The zero-order valence-electron chi connectivity index (χ0n) is 8.89. The third-order valence-electron chi connectivity index (χ3n) is 2.25. The van der Waals surface area contributed by atoms with Gasteiger partial charge in [-0.2, -0.15) is 4.39 Å². The predicted octanol–water partition coefficient (Wildman–Crippen LogP) is 2.43. The first-order valence-electron chi connectivity index (χ1n) is 4.92. The van der Waals surface area contributed by atoms with E-state index in [1.54, 1.807) is 6.92 Å². The van der Waals surface area contributed by atoms with Crippen LogP contribution in [0.15, 0.2) is 12.1 Å². The van der Waals surface area contributed by atoms with Gasteiger partial charge in [0.1, 0.15) is 0 Å². The molecule has 0 aliphatic rings. The second-order valence-electron chi connectivity index (χ2n) is 3.35. The molecule has 0 heterocycles. The molecule has 1 unspecified atom stereocenters. The molecule has 0 aliphatic heterocycles. The van der Waals surface area contributed by atoms with Crippen LogP contribution in [0.5, 0.6) is 5.75 Å². The van der Waals surface area contributed by atoms with Gasteiger partial charge in [-0.25, -0.2) is 4.39 Å². The van der Waals surface area contributed by atoms with Crippen LogP contribution in [0, 0.1) is 11.6 Å². The third kappa shape index (κ3) is 2.45. The molecule has 0 spiro atoms. The molecule has 1 atom stereocenters. The molecule has 0 aliphatic carbocycles. The van der Waals surface area contributed by atoms with Crippen molar-refractivity contribution in [3.05, 3.63) is 29.3 Å². The Bertz CT molecular complexity index is 342. The molecule has 0 amide bonds. The van der Waals surface area contributed by atoms with Crippen molar-refractivity contribution in [3.8, 4) is 5.75 Å². The Morgan fingerprint density at radius 1 is 1.40 bits per heavy atom. The van der Waals surface area contributed by atoms with Gasteiger partial charge in [0.25, 0.3) is 0 Å². The van der Waals surface area contributed by atoms with E-state index >= 15 is 0 Å². The van der Waals surface area contributed by atoms with E-state index in [0.717, 1.165) is 6.07 Å². The van der Waals surface area contributed by atoms with E-state index in [2.05, 4.69) is 0 Å². The molecule has 2 nitrogen and oxygen atoms in total. The molecular weight excluding hydrogens is 200 g/mol. The average molecular weight is 215 g/mol. The molecular formula is C11H15F2NO. The van der Waals surface area contributed by atoms with Crippen molar-refractivity contribution in [2.75, 3.05) is 13.2 Å². The third-order valence-corrected chi connectivity index (χ3v) is 2.25. The summed E-state index contributed by atoms with van der Waals surface area (Å²) in [5, 5.41) is 0. The van der Waals surface area contributed by atoms with Gasteiger partial charge in [-0.1, -0.05) is 13.0 Å². The largest absolute Gasteiger partial charge is 0.490 e. The lowest BCUT2D eigenvalue weighted by atomic mass is 10.00. The Balaban J connectivity index is 3.20. The van der Waals surface area contributed by atoms with Crippen molar-refractivity contribution >= 4 is 0 Å². The van der Waals surface area contributed by atoms with E-state index < -0.39 is 11.6 Å². The highest BCUT2D eigenvalue weighted by Gasteiger charge is 2.17. The molecule has 84 valence electrons. The van der Waals surface area contributed by atoms with Gasteiger partial charge < -0.3 is 10.5 Å². The van der Waals surface area contributed by atoms with E-state index in [0.29, 0.717) is 18.7 Å². The Labute approximate surface area is 88.0 Å². The highest BCUT2D eigenvalue weighted by molar-refractivity contribution is 5.38. The van der Waals surface area contributed by atoms with Gasteiger partial charge in [0.15, 0.2) is 11.6 Å². The molecule has 4 heteroatoms. The summed E-state index contributed by atoms with van der Waals surface area (Å²) in [6.07, 6.45) is 0. The zero-order chi connectivity index (χ0) is 11.4. The summed E-state index contributed by atoms with van der Waals surface area (Å²) >= 11 is 0. The van der Waals surface area contributed by atoms with E-state index in [-0.39, 0.29) is 11.7 Å². The Morgan fingerprint density at radius 2 is 2.07 bits per heavy atom. The maximum Gasteiger partial charge on any atom is 0.200 e. The van der Waals surface area contributed by atoms with Crippen molar-refractivity contribution in [3.63, 3.8) is 0 Å². The van der Waals surface area contributed by atoms with Crippen LogP contribution in [-0.2, 0) is 0 Å². The first kappa shape index (κ1) is 11.9. The Kier molecular flexibility index (Phi) is 4.03. The fraction of sp³-hybridized carbons (Fsp3) is 0.455. The number of hydrogen-bond donors (Lipinski definition) is 1. The van der Waals surface area contributed by atoms with Crippen LogP contribution in [-0.4, -0.2) is 13.2 Å². The van der Waals surface area contributed by atoms with Crippen LogP contribution in [0.2, 0.25) is 0 Å². The van der Waals surface area contributed by atoms with Crippen LogP contribution < -0.4 is 10.5 Å². The molecule has 0 saturated heterocycles. The molecule has 1 aromatic carbocycles. The summed E-state index contributed by atoms with van der Waals surface area (Å²) in [6.45, 7) is 4.23. The minimum absolute atomic E-state index is 0.0181. The summed E-state index contributed by atoms with van der Waals surface area (Å²) in [5.74, 6) is -1.90. The lowest BCUT2D eigenvalue weighted by Gasteiger charge is -2.15. The van der Waals surface area contributed by atoms with Gasteiger partial charge >= 0.3 is 0 Å². The predicted molar refractivity (Wildman–Crippen MR) is 55.0 cm³/mol. The summed E-state index contributed by atoms with van der Waals surface area (Å²) in [6, 6.07) is 2.61. The van der Waals surface area contributed by atoms with E-state index in [9.17, 15) is 8.78 Å².